The number of carbonyl (C=O) groups is 1. The number of ether oxygens (including phenoxy) is 1. The highest BCUT2D eigenvalue weighted by Crippen LogP contribution is 2.23. The number of hydrogen-bond acceptors (Lipinski definition) is 3. The average molecular weight is 233 g/mol. The van der Waals surface area contributed by atoms with Gasteiger partial charge in [0.05, 0.1) is 12.1 Å². The fraction of sp³-hybridized carbons (Fsp3) is 0.500. The Hall–Kier alpha value is -1.19. The van der Waals surface area contributed by atoms with Crippen LogP contribution in [0.2, 0.25) is 0 Å². The zero-order valence-corrected chi connectivity index (χ0v) is 10.4. The van der Waals surface area contributed by atoms with Crippen LogP contribution in [-0.2, 0) is 16.0 Å². The number of carbonyl (C=O) groups excluding carboxylic acids is 1. The van der Waals surface area contributed by atoms with E-state index in [9.17, 15) is 4.79 Å². The van der Waals surface area contributed by atoms with Crippen molar-refractivity contribution in [2.75, 3.05) is 13.2 Å². The van der Waals surface area contributed by atoms with Gasteiger partial charge in [-0.1, -0.05) is 24.3 Å². The van der Waals surface area contributed by atoms with Crippen LogP contribution in [0.25, 0.3) is 0 Å². The van der Waals surface area contributed by atoms with Gasteiger partial charge in [-0.25, -0.2) is 0 Å². The van der Waals surface area contributed by atoms with Gasteiger partial charge in [0.1, 0.15) is 6.61 Å². The number of fused-ring (bicyclic) bond motifs is 1. The third-order valence-corrected chi connectivity index (χ3v) is 2.99. The fourth-order valence-corrected chi connectivity index (χ4v) is 2.12. The second-order valence-corrected chi connectivity index (χ2v) is 4.66. The molecule has 0 aromatic heterocycles. The van der Waals surface area contributed by atoms with E-state index < -0.39 is 0 Å². The number of ketones is 1. The van der Waals surface area contributed by atoms with Gasteiger partial charge >= 0.3 is 0 Å². The molecule has 1 unspecified atom stereocenters. The van der Waals surface area contributed by atoms with Crippen molar-refractivity contribution < 1.29 is 9.53 Å². The molecule has 0 amide bonds. The minimum atomic E-state index is -0.196. The summed E-state index contributed by atoms with van der Waals surface area (Å²) in [6.07, 6.45) is 1.09. The third kappa shape index (κ3) is 2.93. The SMILES string of the molecule is CC(C)OCC(=O)C1NCCc2ccccc21. The van der Waals surface area contributed by atoms with Crippen molar-refractivity contribution >= 4 is 5.78 Å². The predicted molar refractivity (Wildman–Crippen MR) is 67.0 cm³/mol. The van der Waals surface area contributed by atoms with Crippen LogP contribution in [0.4, 0.5) is 0 Å². The van der Waals surface area contributed by atoms with Gasteiger partial charge in [0.15, 0.2) is 5.78 Å². The summed E-state index contributed by atoms with van der Waals surface area (Å²) in [5, 5.41) is 3.27. The number of nitrogens with one attached hydrogen (secondary N) is 1. The van der Waals surface area contributed by atoms with Crippen molar-refractivity contribution in [3.8, 4) is 0 Å². The summed E-state index contributed by atoms with van der Waals surface area (Å²) in [6, 6.07) is 7.93. The van der Waals surface area contributed by atoms with Gasteiger partial charge < -0.3 is 10.1 Å². The van der Waals surface area contributed by atoms with E-state index in [4.69, 9.17) is 4.74 Å². The smallest absolute Gasteiger partial charge is 0.179 e. The Morgan fingerprint density at radius 1 is 1.47 bits per heavy atom. The monoisotopic (exact) mass is 233 g/mol. The summed E-state index contributed by atoms with van der Waals surface area (Å²) in [6.45, 7) is 4.92. The first-order valence-corrected chi connectivity index (χ1v) is 6.14. The third-order valence-electron chi connectivity index (χ3n) is 2.99. The molecule has 1 atom stereocenters. The Morgan fingerprint density at radius 3 is 3.00 bits per heavy atom. The molecule has 92 valence electrons. The molecular weight excluding hydrogens is 214 g/mol. The van der Waals surface area contributed by atoms with Crippen LogP contribution in [0.15, 0.2) is 24.3 Å². The maximum absolute atomic E-state index is 12.1. The number of benzene rings is 1. The average Bonchev–Trinajstić information content (AvgIpc) is 2.35. The summed E-state index contributed by atoms with van der Waals surface area (Å²) in [4.78, 5) is 12.1. The molecule has 0 spiro atoms. The van der Waals surface area contributed by atoms with Crippen molar-refractivity contribution in [3.05, 3.63) is 35.4 Å². The standard InChI is InChI=1S/C14H19NO2/c1-10(2)17-9-13(16)14-12-6-4-3-5-11(12)7-8-15-14/h3-6,10,14-15H,7-9H2,1-2H3. The van der Waals surface area contributed by atoms with Gasteiger partial charge in [-0.15, -0.1) is 0 Å². The van der Waals surface area contributed by atoms with Gasteiger partial charge in [-0.3, -0.25) is 4.79 Å². The van der Waals surface area contributed by atoms with Crippen molar-refractivity contribution in [1.29, 1.82) is 0 Å². The zero-order valence-electron chi connectivity index (χ0n) is 10.4. The molecular formula is C14H19NO2. The molecule has 1 aliphatic heterocycles. The van der Waals surface area contributed by atoms with E-state index in [0.717, 1.165) is 18.5 Å². The van der Waals surface area contributed by atoms with Gasteiger partial charge in [-0.05, 0) is 31.4 Å². The van der Waals surface area contributed by atoms with Crippen LogP contribution in [0, 0.1) is 0 Å². The molecule has 0 saturated carbocycles. The predicted octanol–water partition coefficient (Wildman–Crippen LogP) is 1.87. The van der Waals surface area contributed by atoms with Crippen LogP contribution in [0.1, 0.15) is 31.0 Å². The van der Waals surface area contributed by atoms with Crippen molar-refractivity contribution in [2.24, 2.45) is 0 Å². The molecule has 0 bridgehead atoms. The first-order chi connectivity index (χ1) is 8.18. The molecule has 0 saturated heterocycles. The number of hydrogen-bond donors (Lipinski definition) is 1. The van der Waals surface area contributed by atoms with E-state index >= 15 is 0 Å². The Morgan fingerprint density at radius 2 is 2.24 bits per heavy atom. The van der Waals surface area contributed by atoms with Crippen LogP contribution in [-0.4, -0.2) is 25.0 Å². The minimum absolute atomic E-state index is 0.0952. The molecule has 0 fully saturated rings. The van der Waals surface area contributed by atoms with E-state index in [2.05, 4.69) is 11.4 Å². The van der Waals surface area contributed by atoms with Crippen molar-refractivity contribution in [1.82, 2.24) is 5.32 Å². The minimum Gasteiger partial charge on any atom is -0.371 e. The van der Waals surface area contributed by atoms with E-state index in [1.807, 2.05) is 32.0 Å². The lowest BCUT2D eigenvalue weighted by Crippen LogP contribution is -2.37. The summed E-state index contributed by atoms with van der Waals surface area (Å²) in [5.41, 5.74) is 2.38. The summed E-state index contributed by atoms with van der Waals surface area (Å²) >= 11 is 0. The number of Topliss-reactive ketones (excluding diaryl/α,β-unsaturated/α-hetero) is 1. The van der Waals surface area contributed by atoms with Crippen LogP contribution in [0.5, 0.6) is 0 Å². The van der Waals surface area contributed by atoms with Gasteiger partial charge in [0.2, 0.25) is 0 Å². The van der Waals surface area contributed by atoms with E-state index in [0.29, 0.717) is 0 Å². The largest absolute Gasteiger partial charge is 0.371 e. The lowest BCUT2D eigenvalue weighted by atomic mass is 9.92. The second kappa shape index (κ2) is 5.43. The lowest BCUT2D eigenvalue weighted by Gasteiger charge is -2.26. The molecule has 0 aliphatic carbocycles. The molecule has 0 radical (unpaired) electrons. The summed E-state index contributed by atoms with van der Waals surface area (Å²) < 4.78 is 5.38. The molecule has 3 heteroatoms. The van der Waals surface area contributed by atoms with Crippen LogP contribution >= 0.6 is 0 Å². The van der Waals surface area contributed by atoms with E-state index in [-0.39, 0.29) is 24.5 Å². The van der Waals surface area contributed by atoms with Crippen LogP contribution in [0.3, 0.4) is 0 Å². The molecule has 1 aliphatic rings. The molecule has 17 heavy (non-hydrogen) atoms. The van der Waals surface area contributed by atoms with Gasteiger partial charge in [-0.2, -0.15) is 0 Å². The normalized spacial score (nSPS) is 19.1. The second-order valence-electron chi connectivity index (χ2n) is 4.66. The Balaban J connectivity index is 2.10. The lowest BCUT2D eigenvalue weighted by molar-refractivity contribution is -0.127. The van der Waals surface area contributed by atoms with Crippen LogP contribution < -0.4 is 5.32 Å². The Kier molecular flexibility index (Phi) is 3.92. The summed E-state index contributed by atoms with van der Waals surface area (Å²) in [5.74, 6) is 0.117. The maximum Gasteiger partial charge on any atom is 0.179 e. The Labute approximate surface area is 102 Å². The Bertz CT molecular complexity index is 401. The molecule has 2 rings (SSSR count). The molecule has 1 aromatic rings. The molecule has 1 heterocycles. The zero-order chi connectivity index (χ0) is 12.3. The highest BCUT2D eigenvalue weighted by atomic mass is 16.5. The molecule has 1 N–H and O–H groups in total. The maximum atomic E-state index is 12.1. The van der Waals surface area contributed by atoms with E-state index in [1.54, 1.807) is 0 Å². The first kappa shape index (κ1) is 12.3. The van der Waals surface area contributed by atoms with E-state index in [1.165, 1.54) is 5.56 Å². The highest BCUT2D eigenvalue weighted by Gasteiger charge is 2.25. The van der Waals surface area contributed by atoms with Crippen molar-refractivity contribution in [3.63, 3.8) is 0 Å². The number of rotatable bonds is 4. The van der Waals surface area contributed by atoms with Gasteiger partial charge in [0.25, 0.3) is 0 Å². The van der Waals surface area contributed by atoms with Gasteiger partial charge in [0, 0.05) is 6.54 Å². The molecule has 3 nitrogen and oxygen atoms in total. The first-order valence-electron chi connectivity index (χ1n) is 6.14. The topological polar surface area (TPSA) is 38.3 Å². The quantitative estimate of drug-likeness (QED) is 0.862. The van der Waals surface area contributed by atoms with Crippen molar-refractivity contribution in [2.45, 2.75) is 32.4 Å². The molecule has 1 aromatic carbocycles. The fourth-order valence-electron chi connectivity index (χ4n) is 2.12. The highest BCUT2D eigenvalue weighted by molar-refractivity contribution is 5.87. The summed E-state index contributed by atoms with van der Waals surface area (Å²) in [7, 11) is 0.